The molecule has 10 aromatic carbocycles. The number of rotatable bonds is 8. The zero-order chi connectivity index (χ0) is 41.7. The Morgan fingerprint density at radius 3 is 1.24 bits per heavy atom. The first-order valence-corrected chi connectivity index (χ1v) is 21.8. The first kappa shape index (κ1) is 36.6. The second-order valence-electron chi connectivity index (χ2n) is 16.4. The molecule has 11 aromatic rings. The highest BCUT2D eigenvalue weighted by Crippen LogP contribution is 2.60. The van der Waals surface area contributed by atoms with Crippen molar-refractivity contribution in [3.63, 3.8) is 0 Å². The lowest BCUT2D eigenvalue weighted by Crippen LogP contribution is -2.30. The average molecular weight is 803 g/mol. The second-order valence-corrected chi connectivity index (χ2v) is 16.4. The molecular weight excluding hydrogens is 761 g/mol. The molecule has 0 bridgehead atoms. The van der Waals surface area contributed by atoms with Gasteiger partial charge < -0.3 is 9.47 Å². The van der Waals surface area contributed by atoms with Crippen LogP contribution in [0.1, 0.15) is 22.3 Å². The van der Waals surface area contributed by atoms with Crippen molar-refractivity contribution < 1.29 is 0 Å². The van der Waals surface area contributed by atoms with Crippen LogP contribution in [-0.2, 0) is 5.41 Å². The van der Waals surface area contributed by atoms with Crippen LogP contribution in [0.25, 0.3) is 60.9 Å². The first-order chi connectivity index (χ1) is 31.3. The summed E-state index contributed by atoms with van der Waals surface area (Å²) >= 11 is 0. The van der Waals surface area contributed by atoms with Gasteiger partial charge in [-0.2, -0.15) is 0 Å². The number of fused-ring (bicyclic) bond motifs is 6. The van der Waals surface area contributed by atoms with Crippen LogP contribution in [0.15, 0.2) is 255 Å². The molecular formula is C61H42N2. The summed E-state index contributed by atoms with van der Waals surface area (Å²) in [5.41, 5.74) is 18.5. The highest BCUT2D eigenvalue weighted by Gasteiger charge is 2.48. The third kappa shape index (κ3) is 5.80. The van der Waals surface area contributed by atoms with E-state index in [-0.39, 0.29) is 0 Å². The van der Waals surface area contributed by atoms with Crippen LogP contribution in [0, 0.1) is 0 Å². The molecule has 0 N–H and O–H groups in total. The van der Waals surface area contributed by atoms with Crippen molar-refractivity contribution in [1.29, 1.82) is 0 Å². The predicted molar refractivity (Wildman–Crippen MR) is 264 cm³/mol. The van der Waals surface area contributed by atoms with Crippen molar-refractivity contribution in [3.8, 4) is 39.1 Å². The quantitative estimate of drug-likeness (QED) is 0.149. The first-order valence-electron chi connectivity index (χ1n) is 21.8. The van der Waals surface area contributed by atoms with Gasteiger partial charge in [0.1, 0.15) is 0 Å². The lowest BCUT2D eigenvalue weighted by atomic mass is 9.64. The smallest absolute Gasteiger partial charge is 0.0726 e. The van der Waals surface area contributed by atoms with Gasteiger partial charge in [-0.3, -0.25) is 0 Å². The number of hydrogen-bond donors (Lipinski definition) is 0. The molecule has 1 heterocycles. The van der Waals surface area contributed by atoms with E-state index >= 15 is 0 Å². The van der Waals surface area contributed by atoms with Gasteiger partial charge in [-0.15, -0.1) is 0 Å². The summed E-state index contributed by atoms with van der Waals surface area (Å²) in [6, 6.07) is 93.4. The molecule has 12 rings (SSSR count). The van der Waals surface area contributed by atoms with E-state index in [0.717, 1.165) is 22.7 Å². The topological polar surface area (TPSA) is 8.17 Å². The van der Waals surface area contributed by atoms with E-state index in [0.29, 0.717) is 0 Å². The molecule has 0 saturated heterocycles. The Labute approximate surface area is 368 Å². The average Bonchev–Trinajstić information content (AvgIpc) is 3.86. The minimum absolute atomic E-state index is 0.677. The van der Waals surface area contributed by atoms with Crippen LogP contribution in [0.4, 0.5) is 17.1 Å². The highest BCUT2D eigenvalue weighted by molar-refractivity contribution is 6.09. The summed E-state index contributed by atoms with van der Waals surface area (Å²) in [7, 11) is 0. The molecule has 0 fully saturated rings. The minimum atomic E-state index is -0.677. The SMILES string of the molecule is c1ccc(-c2ccccc2C2(c3ccccc3-c3ccccc3)c3ccccc3-c3ccc(N(c4ccccc4)c4ccc(-n5c6ccccc6c6ccccc65)cc4)cc32)cc1. The molecule has 0 unspecified atom stereocenters. The summed E-state index contributed by atoms with van der Waals surface area (Å²) in [4.78, 5) is 2.41. The van der Waals surface area contributed by atoms with Gasteiger partial charge in [-0.25, -0.2) is 0 Å². The number of benzene rings is 10. The number of para-hydroxylation sites is 3. The third-order valence-electron chi connectivity index (χ3n) is 13.1. The molecule has 63 heavy (non-hydrogen) atoms. The lowest BCUT2D eigenvalue weighted by Gasteiger charge is -2.38. The largest absolute Gasteiger partial charge is 0.310 e. The summed E-state index contributed by atoms with van der Waals surface area (Å²) in [5.74, 6) is 0. The van der Waals surface area contributed by atoms with Gasteiger partial charge in [0, 0.05) is 33.5 Å². The Kier molecular flexibility index (Phi) is 8.76. The van der Waals surface area contributed by atoms with Gasteiger partial charge in [0.05, 0.1) is 16.4 Å². The number of nitrogens with zero attached hydrogens (tertiary/aromatic N) is 2. The molecule has 0 atom stereocenters. The maximum Gasteiger partial charge on any atom is 0.0726 e. The van der Waals surface area contributed by atoms with Gasteiger partial charge in [0.25, 0.3) is 0 Å². The Balaban J connectivity index is 1.11. The van der Waals surface area contributed by atoms with Gasteiger partial charge in [-0.05, 0) is 116 Å². The van der Waals surface area contributed by atoms with Crippen molar-refractivity contribution in [2.24, 2.45) is 0 Å². The van der Waals surface area contributed by atoms with Crippen LogP contribution in [0.3, 0.4) is 0 Å². The Hall–Kier alpha value is -8.20. The van der Waals surface area contributed by atoms with Crippen molar-refractivity contribution in [2.75, 3.05) is 4.90 Å². The van der Waals surface area contributed by atoms with Gasteiger partial charge >= 0.3 is 0 Å². The monoisotopic (exact) mass is 802 g/mol. The van der Waals surface area contributed by atoms with E-state index in [1.54, 1.807) is 0 Å². The van der Waals surface area contributed by atoms with Crippen LogP contribution in [0.2, 0.25) is 0 Å². The summed E-state index contributed by atoms with van der Waals surface area (Å²) in [6.07, 6.45) is 0. The molecule has 0 radical (unpaired) electrons. The van der Waals surface area contributed by atoms with Crippen LogP contribution < -0.4 is 4.90 Å². The molecule has 0 saturated carbocycles. The van der Waals surface area contributed by atoms with Crippen molar-refractivity contribution in [3.05, 3.63) is 277 Å². The summed E-state index contributed by atoms with van der Waals surface area (Å²) < 4.78 is 2.39. The second kappa shape index (κ2) is 15.1. The summed E-state index contributed by atoms with van der Waals surface area (Å²) in [5, 5.41) is 2.52. The third-order valence-corrected chi connectivity index (χ3v) is 13.1. The molecule has 0 spiro atoms. The Morgan fingerprint density at radius 2 is 0.683 bits per heavy atom. The van der Waals surface area contributed by atoms with Crippen molar-refractivity contribution >= 4 is 38.9 Å². The zero-order valence-corrected chi connectivity index (χ0v) is 34.6. The maximum absolute atomic E-state index is 2.48. The minimum Gasteiger partial charge on any atom is -0.310 e. The summed E-state index contributed by atoms with van der Waals surface area (Å²) in [6.45, 7) is 0. The zero-order valence-electron chi connectivity index (χ0n) is 34.6. The van der Waals surface area contributed by atoms with E-state index in [2.05, 4.69) is 264 Å². The van der Waals surface area contributed by atoms with E-state index in [1.165, 1.54) is 77.4 Å². The standard InChI is InChI=1S/C61H42N2/c1-4-20-43(21-5-1)49-26-10-15-31-55(49)61(56-32-16-11-27-50(56)44-22-6-2-7-23-44)57-33-17-12-28-51(57)52-41-40-48(42-58(52)61)62(45-24-8-3-9-25-45)46-36-38-47(39-37-46)63-59-34-18-13-29-53(59)54-30-14-19-35-60(54)63/h1-42H. The van der Waals surface area contributed by atoms with Crippen molar-refractivity contribution in [2.45, 2.75) is 5.41 Å². The fourth-order valence-corrected chi connectivity index (χ4v) is 10.5. The Bertz CT molecular complexity index is 3300. The van der Waals surface area contributed by atoms with Crippen molar-refractivity contribution in [1.82, 2.24) is 4.57 Å². The normalized spacial score (nSPS) is 12.6. The number of aromatic nitrogens is 1. The van der Waals surface area contributed by atoms with E-state index < -0.39 is 5.41 Å². The molecule has 1 aromatic heterocycles. The molecule has 0 amide bonds. The van der Waals surface area contributed by atoms with E-state index in [4.69, 9.17) is 0 Å². The molecule has 296 valence electrons. The molecule has 2 nitrogen and oxygen atoms in total. The van der Waals surface area contributed by atoms with Crippen LogP contribution >= 0.6 is 0 Å². The van der Waals surface area contributed by atoms with Gasteiger partial charge in [-0.1, -0.05) is 194 Å². The number of anilines is 3. The van der Waals surface area contributed by atoms with Crippen LogP contribution in [0.5, 0.6) is 0 Å². The predicted octanol–water partition coefficient (Wildman–Crippen LogP) is 16.0. The Morgan fingerprint density at radius 1 is 0.286 bits per heavy atom. The fraction of sp³-hybridized carbons (Fsp3) is 0.0164. The molecule has 2 heteroatoms. The van der Waals surface area contributed by atoms with Crippen LogP contribution in [-0.4, -0.2) is 4.57 Å². The molecule has 1 aliphatic rings. The lowest BCUT2D eigenvalue weighted by molar-refractivity contribution is 0.772. The molecule has 0 aliphatic heterocycles. The van der Waals surface area contributed by atoms with Gasteiger partial charge in [0.15, 0.2) is 0 Å². The molecule has 1 aliphatic carbocycles. The van der Waals surface area contributed by atoms with Gasteiger partial charge in [0.2, 0.25) is 0 Å². The van der Waals surface area contributed by atoms with E-state index in [1.807, 2.05) is 0 Å². The van der Waals surface area contributed by atoms with E-state index in [9.17, 15) is 0 Å². The fourth-order valence-electron chi connectivity index (χ4n) is 10.5. The number of hydrogen-bond acceptors (Lipinski definition) is 1. The highest BCUT2D eigenvalue weighted by atomic mass is 15.1. The maximum atomic E-state index is 2.48.